The topological polar surface area (TPSA) is 40.6 Å². The molecule has 0 bridgehead atoms. The van der Waals surface area contributed by atoms with E-state index in [0.717, 1.165) is 77.5 Å². The van der Waals surface area contributed by atoms with Crippen LogP contribution < -0.4 is 0 Å². The number of allylic oxidation sites excluding steroid dienone is 4. The lowest BCUT2D eigenvalue weighted by atomic mass is 9.78. The van der Waals surface area contributed by atoms with Gasteiger partial charge in [-0.2, -0.15) is 0 Å². The van der Waals surface area contributed by atoms with Gasteiger partial charge in [0.25, 0.3) is 0 Å². The van der Waals surface area contributed by atoms with E-state index in [1.54, 1.807) is 12.2 Å². The number of carbonyl (C=O) groups is 2. The van der Waals surface area contributed by atoms with Crippen molar-refractivity contribution in [1.29, 1.82) is 0 Å². The Balaban J connectivity index is 0.964. The van der Waals surface area contributed by atoms with Gasteiger partial charge in [-0.3, -0.25) is 9.59 Å². The normalized spacial score (nSPS) is 19.3. The van der Waals surface area contributed by atoms with E-state index < -0.39 is 0 Å². The molecule has 6 rings (SSSR count). The summed E-state index contributed by atoms with van der Waals surface area (Å²) in [5, 5.41) is 0. The summed E-state index contributed by atoms with van der Waals surface area (Å²) < 4.78 is 0. The van der Waals surface area contributed by atoms with Crippen LogP contribution in [-0.2, 0) is 22.4 Å². The van der Waals surface area contributed by atoms with E-state index in [9.17, 15) is 9.59 Å². The maximum Gasteiger partial charge on any atom is 0.246 e. The minimum atomic E-state index is 0.145. The first-order valence-electron chi connectivity index (χ1n) is 17.6. The number of rotatable bonds is 5. The van der Waals surface area contributed by atoms with Crippen LogP contribution >= 0.6 is 0 Å². The van der Waals surface area contributed by atoms with Crippen molar-refractivity contribution < 1.29 is 9.59 Å². The number of nitrogens with zero attached hydrogens (tertiary/aromatic N) is 2. The summed E-state index contributed by atoms with van der Waals surface area (Å²) in [7, 11) is 0. The van der Waals surface area contributed by atoms with Crippen LogP contribution in [0.2, 0.25) is 0 Å². The summed E-state index contributed by atoms with van der Waals surface area (Å²) in [6.45, 7) is 16.6. The van der Waals surface area contributed by atoms with Gasteiger partial charge in [0.1, 0.15) is 0 Å². The number of likely N-dealkylation sites (tertiary alicyclic amines) is 2. The van der Waals surface area contributed by atoms with Gasteiger partial charge in [-0.15, -0.1) is 0 Å². The Kier molecular flexibility index (Phi) is 9.54. The lowest BCUT2D eigenvalue weighted by molar-refractivity contribution is -0.129. The first kappa shape index (κ1) is 32.3. The highest BCUT2D eigenvalue weighted by Crippen LogP contribution is 2.34. The van der Waals surface area contributed by atoms with Crippen molar-refractivity contribution in [2.45, 2.75) is 92.9 Å². The molecule has 2 fully saturated rings. The molecule has 4 heteroatoms. The smallest absolute Gasteiger partial charge is 0.246 e. The van der Waals surface area contributed by atoms with E-state index in [0.29, 0.717) is 11.8 Å². The molecule has 2 aromatic carbocycles. The lowest BCUT2D eigenvalue weighted by Crippen LogP contribution is -2.43. The Morgan fingerprint density at radius 1 is 0.565 bits per heavy atom. The average molecular weight is 617 g/mol. The molecule has 242 valence electrons. The molecule has 46 heavy (non-hydrogen) atoms. The standard InChI is InChI=1S/C42H52N2O2/c1-27-23-37-11-7-33(25-39(37)31(5)29(27)3)9-13-41(45)43-19-15-35(16-20-43)36-17-21-44(22-18-36)42(46)14-10-34-8-12-38-24-28(2)30(4)32(6)40(38)26-34/h9-10,13-14,23-26,35-36H,7-8,11-12,15-22H2,1-6H3/b13-9+,14-10+. The van der Waals surface area contributed by atoms with Crippen molar-refractivity contribution in [3.63, 3.8) is 0 Å². The minimum Gasteiger partial charge on any atom is -0.339 e. The van der Waals surface area contributed by atoms with E-state index in [1.807, 2.05) is 9.80 Å². The van der Waals surface area contributed by atoms with Crippen molar-refractivity contribution in [3.05, 3.63) is 103 Å². The molecule has 4 aliphatic rings. The Morgan fingerprint density at radius 2 is 0.935 bits per heavy atom. The Bertz CT molecular complexity index is 1530. The average Bonchev–Trinajstić information content (AvgIpc) is 3.08. The fourth-order valence-corrected chi connectivity index (χ4v) is 8.27. The highest BCUT2D eigenvalue weighted by molar-refractivity contribution is 5.89. The largest absolute Gasteiger partial charge is 0.339 e. The molecule has 2 aliphatic carbocycles. The van der Waals surface area contributed by atoms with Gasteiger partial charge in [0.2, 0.25) is 11.8 Å². The Labute approximate surface area is 276 Å². The summed E-state index contributed by atoms with van der Waals surface area (Å²) in [4.78, 5) is 30.3. The van der Waals surface area contributed by atoms with E-state index >= 15 is 0 Å². The van der Waals surface area contributed by atoms with Crippen LogP contribution in [0.3, 0.4) is 0 Å². The maximum atomic E-state index is 13.1. The van der Waals surface area contributed by atoms with Crippen LogP contribution in [-0.4, -0.2) is 47.8 Å². The fourth-order valence-electron chi connectivity index (χ4n) is 8.27. The van der Waals surface area contributed by atoms with Crippen LogP contribution in [0.5, 0.6) is 0 Å². The summed E-state index contributed by atoms with van der Waals surface area (Å²) in [6, 6.07) is 4.67. The molecule has 4 nitrogen and oxygen atoms in total. The summed E-state index contributed by atoms with van der Waals surface area (Å²) >= 11 is 0. The van der Waals surface area contributed by atoms with Crippen LogP contribution in [0.1, 0.15) is 94.2 Å². The third kappa shape index (κ3) is 6.73. The first-order chi connectivity index (χ1) is 22.1. The number of aryl methyl sites for hydroxylation is 4. The third-order valence-corrected chi connectivity index (χ3v) is 11.9. The number of benzene rings is 2. The molecule has 0 unspecified atom stereocenters. The van der Waals surface area contributed by atoms with Crippen molar-refractivity contribution in [1.82, 2.24) is 9.80 Å². The molecule has 0 N–H and O–H groups in total. The van der Waals surface area contributed by atoms with Crippen molar-refractivity contribution in [2.75, 3.05) is 26.2 Å². The molecule has 2 heterocycles. The van der Waals surface area contributed by atoms with E-state index in [1.165, 1.54) is 66.8 Å². The zero-order valence-electron chi connectivity index (χ0n) is 29.0. The summed E-state index contributed by atoms with van der Waals surface area (Å²) in [6.07, 6.45) is 20.6. The number of carbonyl (C=O) groups excluding carboxylic acids is 2. The number of fused-ring (bicyclic) bond motifs is 2. The molecule has 2 aromatic rings. The third-order valence-electron chi connectivity index (χ3n) is 11.9. The molecule has 0 radical (unpaired) electrons. The Hall–Kier alpha value is -3.66. The number of amides is 2. The monoisotopic (exact) mass is 616 g/mol. The second kappa shape index (κ2) is 13.6. The highest BCUT2D eigenvalue weighted by atomic mass is 16.2. The van der Waals surface area contributed by atoms with Gasteiger partial charge in [-0.25, -0.2) is 0 Å². The Morgan fingerprint density at radius 3 is 1.30 bits per heavy atom. The molecule has 2 saturated heterocycles. The number of piperidine rings is 2. The fraction of sp³-hybridized carbons (Fsp3) is 0.476. The minimum absolute atomic E-state index is 0.145. The van der Waals surface area contributed by atoms with Gasteiger partial charge < -0.3 is 9.80 Å². The van der Waals surface area contributed by atoms with Crippen LogP contribution in [0, 0.1) is 53.4 Å². The quantitative estimate of drug-likeness (QED) is 0.316. The molecular formula is C42H52N2O2. The summed E-state index contributed by atoms with van der Waals surface area (Å²) in [5.41, 5.74) is 16.3. The van der Waals surface area contributed by atoms with Gasteiger partial charge in [-0.05, 0) is 172 Å². The predicted octanol–water partition coefficient (Wildman–Crippen LogP) is 8.49. The van der Waals surface area contributed by atoms with Crippen LogP contribution in [0.25, 0.3) is 12.2 Å². The predicted molar refractivity (Wildman–Crippen MR) is 191 cm³/mol. The molecule has 0 aromatic heterocycles. The van der Waals surface area contributed by atoms with Crippen molar-refractivity contribution >= 4 is 24.0 Å². The van der Waals surface area contributed by atoms with E-state index in [2.05, 4.69) is 78.0 Å². The molecule has 0 saturated carbocycles. The SMILES string of the molecule is Cc1cc2c(c(C)c1C)C=C(/C=C/C(=O)N1CCC(C3CCN(C(=O)/C=C/C4=Cc5c(cc(C)c(C)c5C)CC4)CC3)CC1)CC2. The maximum absolute atomic E-state index is 13.1. The van der Waals surface area contributed by atoms with E-state index in [4.69, 9.17) is 0 Å². The zero-order chi connectivity index (χ0) is 32.5. The van der Waals surface area contributed by atoms with Gasteiger partial charge in [-0.1, -0.05) is 36.4 Å². The molecule has 0 atom stereocenters. The second-order valence-corrected chi connectivity index (χ2v) is 14.5. The molecule has 2 amide bonds. The van der Waals surface area contributed by atoms with E-state index in [-0.39, 0.29) is 11.8 Å². The van der Waals surface area contributed by atoms with Crippen LogP contribution in [0.15, 0.2) is 47.6 Å². The summed E-state index contributed by atoms with van der Waals surface area (Å²) in [5.74, 6) is 1.59. The van der Waals surface area contributed by atoms with Crippen molar-refractivity contribution in [3.8, 4) is 0 Å². The van der Waals surface area contributed by atoms with Gasteiger partial charge in [0.05, 0.1) is 0 Å². The van der Waals surface area contributed by atoms with Gasteiger partial charge >= 0.3 is 0 Å². The first-order valence-corrected chi connectivity index (χ1v) is 17.6. The second-order valence-electron chi connectivity index (χ2n) is 14.5. The lowest BCUT2D eigenvalue weighted by Gasteiger charge is -2.39. The van der Waals surface area contributed by atoms with Gasteiger partial charge in [0, 0.05) is 38.3 Å². The highest BCUT2D eigenvalue weighted by Gasteiger charge is 2.31. The molecular weight excluding hydrogens is 564 g/mol. The number of hydrogen-bond acceptors (Lipinski definition) is 2. The van der Waals surface area contributed by atoms with Crippen LogP contribution in [0.4, 0.5) is 0 Å². The van der Waals surface area contributed by atoms with Gasteiger partial charge in [0.15, 0.2) is 0 Å². The molecule has 0 spiro atoms. The molecule has 2 aliphatic heterocycles. The zero-order valence-corrected chi connectivity index (χ0v) is 29.0. The van der Waals surface area contributed by atoms with Crippen molar-refractivity contribution in [2.24, 2.45) is 11.8 Å². The number of hydrogen-bond donors (Lipinski definition) is 0.